The zero-order valence-electron chi connectivity index (χ0n) is 14.6. The summed E-state index contributed by atoms with van der Waals surface area (Å²) in [6.07, 6.45) is 1.30. The minimum Gasteiger partial charge on any atom is -0.349 e. The summed E-state index contributed by atoms with van der Waals surface area (Å²) < 4.78 is 0. The molecule has 0 spiro atoms. The Morgan fingerprint density at radius 3 is 2.12 bits per heavy atom. The third kappa shape index (κ3) is 4.57. The van der Waals surface area contributed by atoms with Crippen molar-refractivity contribution in [2.75, 3.05) is 6.54 Å². The molecule has 134 valence electrons. The lowest BCUT2D eigenvalue weighted by atomic mass is 9.98. The molecule has 2 aromatic rings. The first-order valence-electron chi connectivity index (χ1n) is 8.85. The van der Waals surface area contributed by atoms with Crippen LogP contribution in [0.3, 0.4) is 0 Å². The van der Waals surface area contributed by atoms with Gasteiger partial charge in [-0.3, -0.25) is 19.3 Å². The lowest BCUT2D eigenvalue weighted by Gasteiger charge is -2.20. The van der Waals surface area contributed by atoms with E-state index < -0.39 is 0 Å². The van der Waals surface area contributed by atoms with Gasteiger partial charge in [-0.2, -0.15) is 0 Å². The Kier molecular flexibility index (Phi) is 5.79. The van der Waals surface area contributed by atoms with Gasteiger partial charge in [-0.15, -0.1) is 0 Å². The molecule has 1 heterocycles. The zero-order chi connectivity index (χ0) is 18.4. The van der Waals surface area contributed by atoms with E-state index in [1.54, 1.807) is 0 Å². The smallest absolute Gasteiger partial charge is 0.229 e. The molecule has 1 saturated heterocycles. The Balaban J connectivity index is 1.64. The summed E-state index contributed by atoms with van der Waals surface area (Å²) in [6.45, 7) is 0.149. The molecule has 0 aromatic heterocycles. The Bertz CT molecular complexity index is 758. The average molecular weight is 350 g/mol. The van der Waals surface area contributed by atoms with Crippen molar-refractivity contribution < 1.29 is 14.4 Å². The first kappa shape index (κ1) is 17.9. The number of likely N-dealkylation sites (tertiary alicyclic amines) is 1. The van der Waals surface area contributed by atoms with E-state index in [-0.39, 0.29) is 49.6 Å². The van der Waals surface area contributed by atoms with Crippen LogP contribution in [0.1, 0.15) is 36.4 Å². The Morgan fingerprint density at radius 1 is 0.923 bits per heavy atom. The minimum absolute atomic E-state index is 0.121. The molecule has 1 unspecified atom stereocenters. The molecule has 0 saturated carbocycles. The summed E-state index contributed by atoms with van der Waals surface area (Å²) in [5.41, 5.74) is 2.16. The lowest BCUT2D eigenvalue weighted by molar-refractivity contribution is -0.138. The predicted molar refractivity (Wildman–Crippen MR) is 98.0 cm³/mol. The quantitative estimate of drug-likeness (QED) is 0.781. The van der Waals surface area contributed by atoms with Gasteiger partial charge in [0, 0.05) is 25.8 Å². The third-order valence-electron chi connectivity index (χ3n) is 4.54. The van der Waals surface area contributed by atoms with Gasteiger partial charge in [0.15, 0.2) is 0 Å². The van der Waals surface area contributed by atoms with Crippen LogP contribution in [-0.4, -0.2) is 29.2 Å². The average Bonchev–Trinajstić information content (AvgIpc) is 2.99. The fourth-order valence-corrected chi connectivity index (χ4v) is 3.14. The molecule has 5 nitrogen and oxygen atoms in total. The zero-order valence-corrected chi connectivity index (χ0v) is 14.6. The number of amides is 3. The summed E-state index contributed by atoms with van der Waals surface area (Å²) in [6, 6.07) is 19.6. The van der Waals surface area contributed by atoms with Crippen molar-refractivity contribution in [2.24, 2.45) is 0 Å². The fraction of sp³-hybridized carbons (Fsp3) is 0.286. The largest absolute Gasteiger partial charge is 0.349 e. The van der Waals surface area contributed by atoms with E-state index in [4.69, 9.17) is 0 Å². The molecule has 1 fully saturated rings. The van der Waals surface area contributed by atoms with Crippen LogP contribution in [0.2, 0.25) is 0 Å². The summed E-state index contributed by atoms with van der Waals surface area (Å²) in [4.78, 5) is 36.9. The summed E-state index contributed by atoms with van der Waals surface area (Å²) in [5.74, 6) is -0.541. The molecule has 0 aliphatic carbocycles. The van der Waals surface area contributed by atoms with Crippen molar-refractivity contribution in [1.82, 2.24) is 10.2 Å². The molecule has 26 heavy (non-hydrogen) atoms. The number of carbonyl (C=O) groups excluding carboxylic acids is 3. The Labute approximate surface area is 153 Å². The molecular weight excluding hydrogens is 328 g/mol. The molecule has 5 heteroatoms. The standard InChI is InChI=1S/C21H22N2O3/c24-19(13-14-23-20(25)11-12-21(23)26)22-18(17-9-5-2-6-10-17)15-16-7-3-1-4-8-16/h1-10,18H,11-15H2,(H,22,24). The highest BCUT2D eigenvalue weighted by atomic mass is 16.2. The summed E-state index contributed by atoms with van der Waals surface area (Å²) >= 11 is 0. The minimum atomic E-state index is -0.188. The maximum Gasteiger partial charge on any atom is 0.229 e. The maximum absolute atomic E-state index is 12.4. The number of benzene rings is 2. The van der Waals surface area contributed by atoms with Gasteiger partial charge in [0.25, 0.3) is 0 Å². The Morgan fingerprint density at radius 2 is 1.50 bits per heavy atom. The molecule has 2 aromatic carbocycles. The summed E-state index contributed by atoms with van der Waals surface area (Å²) in [5, 5.41) is 3.05. The van der Waals surface area contributed by atoms with Crippen LogP contribution >= 0.6 is 0 Å². The van der Waals surface area contributed by atoms with Crippen LogP contribution in [0.25, 0.3) is 0 Å². The molecule has 1 atom stereocenters. The first-order valence-corrected chi connectivity index (χ1v) is 8.85. The molecule has 0 bridgehead atoms. The highest BCUT2D eigenvalue weighted by Gasteiger charge is 2.29. The van der Waals surface area contributed by atoms with Crippen molar-refractivity contribution in [3.05, 3.63) is 71.8 Å². The van der Waals surface area contributed by atoms with Crippen molar-refractivity contribution in [1.29, 1.82) is 0 Å². The van der Waals surface area contributed by atoms with Gasteiger partial charge in [0.1, 0.15) is 0 Å². The topological polar surface area (TPSA) is 66.5 Å². The molecular formula is C21H22N2O3. The van der Waals surface area contributed by atoms with Gasteiger partial charge >= 0.3 is 0 Å². The van der Waals surface area contributed by atoms with E-state index in [2.05, 4.69) is 5.32 Å². The Hall–Kier alpha value is -2.95. The number of nitrogens with one attached hydrogen (secondary N) is 1. The number of imide groups is 1. The third-order valence-corrected chi connectivity index (χ3v) is 4.54. The van der Waals surface area contributed by atoms with Gasteiger partial charge in [0.2, 0.25) is 17.7 Å². The second-order valence-electron chi connectivity index (χ2n) is 6.41. The number of carbonyl (C=O) groups is 3. The van der Waals surface area contributed by atoms with E-state index >= 15 is 0 Å². The van der Waals surface area contributed by atoms with Crippen LogP contribution in [0.4, 0.5) is 0 Å². The molecule has 1 aliphatic heterocycles. The van der Waals surface area contributed by atoms with Gasteiger partial charge in [-0.1, -0.05) is 60.7 Å². The van der Waals surface area contributed by atoms with Gasteiger partial charge in [-0.05, 0) is 17.5 Å². The van der Waals surface area contributed by atoms with Crippen LogP contribution in [-0.2, 0) is 20.8 Å². The van der Waals surface area contributed by atoms with E-state index in [0.717, 1.165) is 11.1 Å². The van der Waals surface area contributed by atoms with Crippen LogP contribution in [0.15, 0.2) is 60.7 Å². The van der Waals surface area contributed by atoms with Crippen LogP contribution < -0.4 is 5.32 Å². The number of hydrogen-bond acceptors (Lipinski definition) is 3. The fourth-order valence-electron chi connectivity index (χ4n) is 3.14. The molecule has 3 rings (SSSR count). The monoisotopic (exact) mass is 350 g/mol. The summed E-state index contributed by atoms with van der Waals surface area (Å²) in [7, 11) is 0. The van der Waals surface area contributed by atoms with Gasteiger partial charge in [-0.25, -0.2) is 0 Å². The molecule has 0 radical (unpaired) electrons. The van der Waals surface area contributed by atoms with Gasteiger partial charge < -0.3 is 5.32 Å². The van der Waals surface area contributed by atoms with Crippen molar-refractivity contribution in [2.45, 2.75) is 31.7 Å². The van der Waals surface area contributed by atoms with Crippen molar-refractivity contribution in [3.63, 3.8) is 0 Å². The predicted octanol–water partition coefficient (Wildman–Crippen LogP) is 2.63. The van der Waals surface area contributed by atoms with Crippen LogP contribution in [0.5, 0.6) is 0 Å². The normalized spacial score (nSPS) is 15.2. The molecule has 1 N–H and O–H groups in total. The van der Waals surface area contributed by atoms with Gasteiger partial charge in [0.05, 0.1) is 6.04 Å². The van der Waals surface area contributed by atoms with Crippen molar-refractivity contribution in [3.8, 4) is 0 Å². The first-order chi connectivity index (χ1) is 12.6. The second-order valence-corrected chi connectivity index (χ2v) is 6.41. The molecule has 3 amide bonds. The SMILES string of the molecule is O=C(CCN1C(=O)CCC1=O)NC(Cc1ccccc1)c1ccccc1. The highest BCUT2D eigenvalue weighted by molar-refractivity contribution is 6.02. The van der Waals surface area contributed by atoms with E-state index in [1.165, 1.54) is 4.90 Å². The maximum atomic E-state index is 12.4. The van der Waals surface area contributed by atoms with Crippen LogP contribution in [0, 0.1) is 0 Å². The van der Waals surface area contributed by atoms with E-state index in [0.29, 0.717) is 6.42 Å². The van der Waals surface area contributed by atoms with Crippen molar-refractivity contribution >= 4 is 17.7 Å². The second kappa shape index (κ2) is 8.43. The highest BCUT2D eigenvalue weighted by Crippen LogP contribution is 2.19. The number of hydrogen-bond donors (Lipinski definition) is 1. The number of rotatable bonds is 7. The lowest BCUT2D eigenvalue weighted by Crippen LogP contribution is -2.36. The number of nitrogens with zero attached hydrogens (tertiary/aromatic N) is 1. The van der Waals surface area contributed by atoms with E-state index in [9.17, 15) is 14.4 Å². The van der Waals surface area contributed by atoms with E-state index in [1.807, 2.05) is 60.7 Å². The molecule has 1 aliphatic rings.